The molecule has 0 saturated heterocycles. The molecule has 118 valence electrons. The van der Waals surface area contributed by atoms with Crippen molar-refractivity contribution in [3.63, 3.8) is 0 Å². The molecule has 4 nitrogen and oxygen atoms in total. The first kappa shape index (κ1) is 15.9. The lowest BCUT2D eigenvalue weighted by Gasteiger charge is -2.02. The molecule has 7 heteroatoms. The SMILES string of the molecule is O=C(NCc1cccs1)c1ccc(S(=O)(=O)c2ccccc2)s1. The lowest BCUT2D eigenvalue weighted by Crippen LogP contribution is -2.21. The summed E-state index contributed by atoms with van der Waals surface area (Å²) in [6.07, 6.45) is 0. The standard InChI is InChI=1S/C16H13NO3S3/c18-16(17-11-12-5-4-10-21-12)14-8-9-15(22-14)23(19,20)13-6-2-1-3-7-13/h1-10H,11H2,(H,17,18). The van der Waals surface area contributed by atoms with E-state index in [0.29, 0.717) is 11.4 Å². The number of sulfone groups is 1. The first-order valence-electron chi connectivity index (χ1n) is 6.78. The van der Waals surface area contributed by atoms with Crippen LogP contribution in [0.2, 0.25) is 0 Å². The van der Waals surface area contributed by atoms with Crippen LogP contribution in [-0.2, 0) is 16.4 Å². The van der Waals surface area contributed by atoms with Crippen LogP contribution in [0.25, 0.3) is 0 Å². The van der Waals surface area contributed by atoms with Crippen molar-refractivity contribution in [1.82, 2.24) is 5.32 Å². The van der Waals surface area contributed by atoms with Gasteiger partial charge in [-0.2, -0.15) is 0 Å². The summed E-state index contributed by atoms with van der Waals surface area (Å²) in [6.45, 7) is 0.440. The number of nitrogens with one attached hydrogen (secondary N) is 1. The van der Waals surface area contributed by atoms with Crippen LogP contribution in [0, 0.1) is 0 Å². The topological polar surface area (TPSA) is 63.2 Å². The minimum atomic E-state index is -3.57. The molecule has 1 aromatic carbocycles. The Kier molecular flexibility index (Phi) is 4.61. The van der Waals surface area contributed by atoms with Crippen molar-refractivity contribution >= 4 is 38.4 Å². The highest BCUT2D eigenvalue weighted by Crippen LogP contribution is 2.27. The van der Waals surface area contributed by atoms with E-state index in [0.717, 1.165) is 16.2 Å². The van der Waals surface area contributed by atoms with E-state index in [9.17, 15) is 13.2 Å². The zero-order chi connectivity index (χ0) is 16.3. The van der Waals surface area contributed by atoms with Crippen molar-refractivity contribution in [2.24, 2.45) is 0 Å². The van der Waals surface area contributed by atoms with Gasteiger partial charge >= 0.3 is 0 Å². The average Bonchev–Trinajstić information content (AvgIpc) is 3.25. The Labute approximate surface area is 142 Å². The molecule has 0 saturated carbocycles. The summed E-state index contributed by atoms with van der Waals surface area (Å²) in [6, 6.07) is 15.1. The molecule has 0 aliphatic heterocycles. The Morgan fingerprint density at radius 3 is 2.48 bits per heavy atom. The molecule has 0 aliphatic rings. The summed E-state index contributed by atoms with van der Waals surface area (Å²) in [5, 5.41) is 4.73. The van der Waals surface area contributed by atoms with Crippen molar-refractivity contribution in [2.75, 3.05) is 0 Å². The van der Waals surface area contributed by atoms with Crippen molar-refractivity contribution in [2.45, 2.75) is 15.6 Å². The van der Waals surface area contributed by atoms with Crippen LogP contribution in [0.1, 0.15) is 14.5 Å². The molecule has 0 bridgehead atoms. The number of benzene rings is 1. The molecule has 0 fully saturated rings. The Morgan fingerprint density at radius 2 is 1.78 bits per heavy atom. The number of hydrogen-bond acceptors (Lipinski definition) is 5. The smallest absolute Gasteiger partial charge is 0.261 e. The number of hydrogen-bond donors (Lipinski definition) is 1. The normalized spacial score (nSPS) is 11.3. The summed E-state index contributed by atoms with van der Waals surface area (Å²) in [7, 11) is -3.57. The zero-order valence-electron chi connectivity index (χ0n) is 11.9. The van der Waals surface area contributed by atoms with Gasteiger partial charge in [0.1, 0.15) is 4.21 Å². The Morgan fingerprint density at radius 1 is 1.00 bits per heavy atom. The molecule has 0 aliphatic carbocycles. The molecule has 3 aromatic rings. The fourth-order valence-corrected chi connectivity index (χ4v) is 5.26. The second kappa shape index (κ2) is 6.66. The maximum atomic E-state index is 12.5. The first-order valence-corrected chi connectivity index (χ1v) is 9.96. The Bertz CT molecular complexity index is 897. The van der Waals surface area contributed by atoms with Crippen LogP contribution in [0.3, 0.4) is 0 Å². The third-order valence-electron chi connectivity index (χ3n) is 3.13. The quantitative estimate of drug-likeness (QED) is 0.754. The largest absolute Gasteiger partial charge is 0.346 e. The van der Waals surface area contributed by atoms with E-state index in [1.807, 2.05) is 17.5 Å². The van der Waals surface area contributed by atoms with Gasteiger partial charge in [-0.15, -0.1) is 22.7 Å². The van der Waals surface area contributed by atoms with E-state index in [1.54, 1.807) is 47.7 Å². The van der Waals surface area contributed by atoms with Crippen LogP contribution in [0.5, 0.6) is 0 Å². The molecule has 23 heavy (non-hydrogen) atoms. The maximum absolute atomic E-state index is 12.5. The number of amides is 1. The summed E-state index contributed by atoms with van der Waals surface area (Å²) < 4.78 is 25.2. The van der Waals surface area contributed by atoms with Gasteiger partial charge in [0.05, 0.1) is 16.3 Å². The van der Waals surface area contributed by atoms with Gasteiger partial charge in [0.2, 0.25) is 9.84 Å². The number of rotatable bonds is 5. The Hall–Kier alpha value is -1.96. The summed E-state index contributed by atoms with van der Waals surface area (Å²) >= 11 is 2.54. The van der Waals surface area contributed by atoms with E-state index in [2.05, 4.69) is 5.32 Å². The van der Waals surface area contributed by atoms with Gasteiger partial charge in [-0.1, -0.05) is 24.3 Å². The average molecular weight is 363 g/mol. The molecule has 0 radical (unpaired) electrons. The number of carbonyl (C=O) groups is 1. The van der Waals surface area contributed by atoms with Crippen molar-refractivity contribution in [1.29, 1.82) is 0 Å². The molecule has 2 heterocycles. The van der Waals surface area contributed by atoms with Crippen molar-refractivity contribution < 1.29 is 13.2 Å². The number of thiophene rings is 2. The second-order valence-electron chi connectivity index (χ2n) is 4.70. The fourth-order valence-electron chi connectivity index (χ4n) is 1.97. The van der Waals surface area contributed by atoms with Crippen LogP contribution in [0.4, 0.5) is 0 Å². The highest BCUT2D eigenvalue weighted by atomic mass is 32.2. The van der Waals surface area contributed by atoms with Crippen molar-refractivity contribution in [3.8, 4) is 0 Å². The van der Waals surface area contributed by atoms with Gasteiger partial charge in [0.25, 0.3) is 5.91 Å². The van der Waals surface area contributed by atoms with Gasteiger partial charge in [-0.3, -0.25) is 4.79 Å². The van der Waals surface area contributed by atoms with Gasteiger partial charge in [0, 0.05) is 4.88 Å². The van der Waals surface area contributed by atoms with Gasteiger partial charge < -0.3 is 5.32 Å². The first-order chi connectivity index (χ1) is 11.1. The fraction of sp³-hybridized carbons (Fsp3) is 0.0625. The van der Waals surface area contributed by atoms with Gasteiger partial charge in [0.15, 0.2) is 0 Å². The molecule has 1 N–H and O–H groups in total. The van der Waals surface area contributed by atoms with E-state index in [-0.39, 0.29) is 15.0 Å². The molecule has 2 aromatic heterocycles. The van der Waals surface area contributed by atoms with Crippen LogP contribution >= 0.6 is 22.7 Å². The van der Waals surface area contributed by atoms with E-state index in [1.165, 1.54) is 6.07 Å². The monoisotopic (exact) mass is 363 g/mol. The summed E-state index contributed by atoms with van der Waals surface area (Å²) in [4.78, 5) is 13.8. The van der Waals surface area contributed by atoms with Crippen molar-refractivity contribution in [3.05, 3.63) is 69.7 Å². The highest BCUT2D eigenvalue weighted by Gasteiger charge is 2.21. The second-order valence-corrected chi connectivity index (χ2v) is 8.99. The number of carbonyl (C=O) groups excluding carboxylic acids is 1. The molecule has 3 rings (SSSR count). The predicted octanol–water partition coefficient (Wildman–Crippen LogP) is 3.57. The minimum absolute atomic E-state index is 0.171. The lowest BCUT2D eigenvalue weighted by atomic mass is 10.4. The minimum Gasteiger partial charge on any atom is -0.346 e. The molecule has 0 atom stereocenters. The Balaban J connectivity index is 1.76. The maximum Gasteiger partial charge on any atom is 0.261 e. The van der Waals surface area contributed by atoms with Gasteiger partial charge in [-0.25, -0.2) is 8.42 Å². The molecule has 0 spiro atoms. The third kappa shape index (κ3) is 3.52. The lowest BCUT2D eigenvalue weighted by molar-refractivity contribution is 0.0955. The highest BCUT2D eigenvalue weighted by molar-refractivity contribution is 7.93. The molecule has 1 amide bonds. The third-order valence-corrected chi connectivity index (χ3v) is 7.35. The molecule has 0 unspecified atom stereocenters. The molecular formula is C16H13NO3S3. The van der Waals surface area contributed by atoms with Crippen LogP contribution < -0.4 is 5.32 Å². The van der Waals surface area contributed by atoms with Crippen LogP contribution in [0.15, 0.2) is 69.1 Å². The van der Waals surface area contributed by atoms with E-state index >= 15 is 0 Å². The van der Waals surface area contributed by atoms with E-state index in [4.69, 9.17) is 0 Å². The zero-order valence-corrected chi connectivity index (χ0v) is 14.4. The summed E-state index contributed by atoms with van der Waals surface area (Å²) in [5.41, 5.74) is 0. The van der Waals surface area contributed by atoms with Crippen LogP contribution in [-0.4, -0.2) is 14.3 Å². The summed E-state index contributed by atoms with van der Waals surface area (Å²) in [5.74, 6) is -0.266. The predicted molar refractivity (Wildman–Crippen MR) is 91.7 cm³/mol. The molecular weight excluding hydrogens is 350 g/mol. The van der Waals surface area contributed by atoms with E-state index < -0.39 is 9.84 Å². The van der Waals surface area contributed by atoms with Gasteiger partial charge in [-0.05, 0) is 35.7 Å².